The summed E-state index contributed by atoms with van der Waals surface area (Å²) in [4.78, 5) is 43.0. The van der Waals surface area contributed by atoms with Gasteiger partial charge in [-0.25, -0.2) is 9.07 Å². The van der Waals surface area contributed by atoms with Crippen LogP contribution in [0.4, 0.5) is 4.39 Å². The van der Waals surface area contributed by atoms with Gasteiger partial charge in [0.1, 0.15) is 11.4 Å². The van der Waals surface area contributed by atoms with Crippen LogP contribution in [0.1, 0.15) is 41.9 Å². The highest BCUT2D eigenvalue weighted by atomic mass is 35.5. The first-order valence-corrected chi connectivity index (χ1v) is 12.9. The Labute approximate surface area is 235 Å². The molecule has 11 heteroatoms. The summed E-state index contributed by atoms with van der Waals surface area (Å²) in [5, 5.41) is 4.43. The first-order chi connectivity index (χ1) is 19.2. The Morgan fingerprint density at radius 3 is 2.50 bits per heavy atom. The Morgan fingerprint density at radius 2 is 1.88 bits per heavy atom. The molecule has 0 aliphatic heterocycles. The van der Waals surface area contributed by atoms with E-state index < -0.39 is 17.4 Å². The van der Waals surface area contributed by atoms with E-state index in [1.54, 1.807) is 37.3 Å². The van der Waals surface area contributed by atoms with Crippen LogP contribution in [0.15, 0.2) is 66.0 Å². The van der Waals surface area contributed by atoms with Gasteiger partial charge in [-0.3, -0.25) is 19.4 Å². The highest BCUT2D eigenvalue weighted by molar-refractivity contribution is 6.31. The van der Waals surface area contributed by atoms with Gasteiger partial charge in [-0.2, -0.15) is 5.10 Å². The SMILES string of the molecule is CCC(=O)c1ccc(CC(=O)C(CCOC)n2cc(OC)c(-c3cc(Cl)ccc3-n3cc(F)cn3)cc2=O)cn1. The average molecular weight is 567 g/mol. The van der Waals surface area contributed by atoms with Crippen molar-refractivity contribution in [1.82, 2.24) is 19.3 Å². The van der Waals surface area contributed by atoms with Gasteiger partial charge in [-0.1, -0.05) is 24.6 Å². The third kappa shape index (κ3) is 6.35. The second-order valence-corrected chi connectivity index (χ2v) is 9.47. The normalized spacial score (nSPS) is 11.8. The fourth-order valence-electron chi connectivity index (χ4n) is 4.38. The van der Waals surface area contributed by atoms with Crippen LogP contribution in [-0.2, 0) is 16.0 Å². The molecule has 0 saturated carbocycles. The second-order valence-electron chi connectivity index (χ2n) is 9.03. The van der Waals surface area contributed by atoms with Crippen LogP contribution in [0.5, 0.6) is 5.75 Å². The van der Waals surface area contributed by atoms with E-state index in [0.29, 0.717) is 45.3 Å². The highest BCUT2D eigenvalue weighted by Gasteiger charge is 2.24. The van der Waals surface area contributed by atoms with Gasteiger partial charge < -0.3 is 14.0 Å². The summed E-state index contributed by atoms with van der Waals surface area (Å²) >= 11 is 6.28. The molecule has 40 heavy (non-hydrogen) atoms. The molecule has 0 radical (unpaired) electrons. The first kappa shape index (κ1) is 28.8. The molecular weight excluding hydrogens is 539 g/mol. The number of ketones is 2. The minimum Gasteiger partial charge on any atom is -0.495 e. The summed E-state index contributed by atoms with van der Waals surface area (Å²) in [6, 6.07) is 8.70. The summed E-state index contributed by atoms with van der Waals surface area (Å²) in [5.74, 6) is -0.546. The summed E-state index contributed by atoms with van der Waals surface area (Å²) in [6.45, 7) is 1.99. The molecule has 1 unspecified atom stereocenters. The summed E-state index contributed by atoms with van der Waals surface area (Å²) in [6.07, 6.45) is 5.84. The molecule has 0 saturated heterocycles. The first-order valence-electron chi connectivity index (χ1n) is 12.6. The van der Waals surface area contributed by atoms with Gasteiger partial charge >= 0.3 is 0 Å². The zero-order valence-electron chi connectivity index (χ0n) is 22.3. The molecule has 0 bridgehead atoms. The molecule has 1 atom stereocenters. The Morgan fingerprint density at radius 1 is 1.07 bits per heavy atom. The number of benzene rings is 1. The lowest BCUT2D eigenvalue weighted by atomic mass is 10.00. The number of halogens is 2. The lowest BCUT2D eigenvalue weighted by Crippen LogP contribution is -2.31. The molecule has 0 aliphatic rings. The van der Waals surface area contributed by atoms with Crippen LogP contribution in [0.25, 0.3) is 16.8 Å². The number of carbonyl (C=O) groups is 2. The lowest BCUT2D eigenvalue weighted by Gasteiger charge is -2.21. The zero-order valence-corrected chi connectivity index (χ0v) is 23.0. The molecule has 0 fully saturated rings. The molecule has 0 aliphatic carbocycles. The monoisotopic (exact) mass is 566 g/mol. The predicted octanol–water partition coefficient (Wildman–Crippen LogP) is 4.88. The predicted molar refractivity (Wildman–Crippen MR) is 148 cm³/mol. The lowest BCUT2D eigenvalue weighted by molar-refractivity contribution is -0.122. The van der Waals surface area contributed by atoms with Crippen LogP contribution in [-0.4, -0.2) is 51.7 Å². The molecule has 9 nitrogen and oxygen atoms in total. The quantitative estimate of drug-likeness (QED) is 0.225. The van der Waals surface area contributed by atoms with Gasteiger partial charge in [-0.05, 0) is 36.2 Å². The minimum atomic E-state index is -0.855. The number of carbonyl (C=O) groups excluding carboxylic acids is 2. The maximum Gasteiger partial charge on any atom is 0.252 e. The van der Waals surface area contributed by atoms with E-state index in [0.717, 1.165) is 6.20 Å². The number of hydrogen-bond donors (Lipinski definition) is 0. The number of Topliss-reactive ketones (excluding diaryl/α,β-unsaturated/α-hetero) is 2. The largest absolute Gasteiger partial charge is 0.495 e. The van der Waals surface area contributed by atoms with Gasteiger partial charge in [0, 0.05) is 55.0 Å². The number of nitrogens with zero attached hydrogens (tertiary/aromatic N) is 4. The van der Waals surface area contributed by atoms with Crippen molar-refractivity contribution in [3.05, 3.63) is 93.6 Å². The van der Waals surface area contributed by atoms with Crippen molar-refractivity contribution in [2.75, 3.05) is 20.8 Å². The molecular formula is C29H28ClFN4O5. The average Bonchev–Trinajstić information content (AvgIpc) is 3.39. The van der Waals surface area contributed by atoms with Gasteiger partial charge in [-0.15, -0.1) is 0 Å². The number of hydrogen-bond acceptors (Lipinski definition) is 7. The van der Waals surface area contributed by atoms with E-state index in [9.17, 15) is 18.8 Å². The molecule has 4 rings (SSSR count). The van der Waals surface area contributed by atoms with Crippen molar-refractivity contribution in [1.29, 1.82) is 0 Å². The summed E-state index contributed by atoms with van der Waals surface area (Å²) in [5.41, 5.74) is 1.87. The standard InChI is InChI=1S/C29H28ClFN4O5/c1-4-26(36)23-7-5-18(14-32-23)11-27(37)25(9-10-39-2)34-17-28(40-3)22(13-29(34)38)21-12-19(30)6-8-24(21)35-16-20(31)15-33-35/h5-8,12-17,25H,4,9-11H2,1-3H3. The summed E-state index contributed by atoms with van der Waals surface area (Å²) in [7, 11) is 2.96. The number of pyridine rings is 2. The smallest absolute Gasteiger partial charge is 0.252 e. The van der Waals surface area contributed by atoms with Crippen LogP contribution in [0.2, 0.25) is 5.02 Å². The number of rotatable bonds is 12. The third-order valence-corrected chi connectivity index (χ3v) is 6.66. The molecule has 3 heterocycles. The van der Waals surface area contributed by atoms with Crippen LogP contribution in [0.3, 0.4) is 0 Å². The van der Waals surface area contributed by atoms with Crippen molar-refractivity contribution in [2.45, 2.75) is 32.2 Å². The molecule has 1 aromatic carbocycles. The van der Waals surface area contributed by atoms with Crippen LogP contribution < -0.4 is 10.3 Å². The maximum atomic E-state index is 13.7. The van der Waals surface area contributed by atoms with Crippen molar-refractivity contribution >= 4 is 23.2 Å². The van der Waals surface area contributed by atoms with Gasteiger partial charge in [0.05, 0.1) is 37.4 Å². The van der Waals surface area contributed by atoms with Crippen molar-refractivity contribution < 1.29 is 23.5 Å². The highest BCUT2D eigenvalue weighted by Crippen LogP contribution is 2.35. The van der Waals surface area contributed by atoms with Gasteiger partial charge in [0.2, 0.25) is 0 Å². The second kappa shape index (κ2) is 12.8. The van der Waals surface area contributed by atoms with Crippen molar-refractivity contribution in [2.24, 2.45) is 0 Å². The van der Waals surface area contributed by atoms with Crippen LogP contribution >= 0.6 is 11.6 Å². The van der Waals surface area contributed by atoms with Gasteiger partial charge in [0.15, 0.2) is 17.4 Å². The van der Waals surface area contributed by atoms with Gasteiger partial charge in [0.25, 0.3) is 5.56 Å². The van der Waals surface area contributed by atoms with E-state index >= 15 is 0 Å². The van der Waals surface area contributed by atoms with E-state index in [4.69, 9.17) is 21.1 Å². The molecule has 3 aromatic heterocycles. The molecule has 208 valence electrons. The third-order valence-electron chi connectivity index (χ3n) is 6.42. The molecule has 4 aromatic rings. The number of aromatic nitrogens is 4. The number of methoxy groups -OCH3 is 2. The molecule has 0 amide bonds. The van der Waals surface area contributed by atoms with E-state index in [2.05, 4.69) is 10.1 Å². The molecule has 0 N–H and O–H groups in total. The zero-order chi connectivity index (χ0) is 28.8. The molecule has 0 spiro atoms. The Kier molecular flexibility index (Phi) is 9.23. The number of ether oxygens (including phenoxy) is 2. The maximum absolute atomic E-state index is 13.7. The van der Waals surface area contributed by atoms with Crippen LogP contribution in [0, 0.1) is 5.82 Å². The fourth-order valence-corrected chi connectivity index (χ4v) is 4.55. The van der Waals surface area contributed by atoms with Crippen molar-refractivity contribution in [3.8, 4) is 22.6 Å². The minimum absolute atomic E-state index is 0.00177. The Bertz CT molecular complexity index is 1580. The van der Waals surface area contributed by atoms with Crippen molar-refractivity contribution in [3.63, 3.8) is 0 Å². The Hall–Kier alpha value is -4.15. The topological polar surface area (TPSA) is 105 Å². The fraction of sp³-hybridized carbons (Fsp3) is 0.276. The summed E-state index contributed by atoms with van der Waals surface area (Å²) < 4.78 is 27.2. The van der Waals surface area contributed by atoms with E-state index in [-0.39, 0.29) is 31.0 Å². The Balaban J connectivity index is 1.73. The van der Waals surface area contributed by atoms with E-state index in [1.165, 1.54) is 48.1 Å². The van der Waals surface area contributed by atoms with E-state index in [1.807, 2.05) is 0 Å².